The van der Waals surface area contributed by atoms with Crippen molar-refractivity contribution in [2.75, 3.05) is 19.6 Å². The Kier molecular flexibility index (Phi) is 5.49. The van der Waals surface area contributed by atoms with E-state index in [0.29, 0.717) is 6.04 Å². The van der Waals surface area contributed by atoms with E-state index in [4.69, 9.17) is 5.11 Å². The molecule has 1 aliphatic rings. The van der Waals surface area contributed by atoms with Crippen LogP contribution in [0.5, 0.6) is 0 Å². The van der Waals surface area contributed by atoms with Gasteiger partial charge in [0.25, 0.3) is 0 Å². The molecule has 20 heavy (non-hydrogen) atoms. The maximum Gasteiger partial charge on any atom is 0.354 e. The van der Waals surface area contributed by atoms with Crippen molar-refractivity contribution in [2.45, 2.75) is 38.8 Å². The summed E-state index contributed by atoms with van der Waals surface area (Å²) in [6.07, 6.45) is 3.40. The van der Waals surface area contributed by atoms with E-state index < -0.39 is 5.97 Å². The quantitative estimate of drug-likeness (QED) is 0.829. The summed E-state index contributed by atoms with van der Waals surface area (Å²) in [7, 11) is 0. The molecule has 2 heterocycles. The number of aromatic carboxylic acids is 1. The number of piperidine rings is 1. The molecule has 5 heteroatoms. The molecule has 2 N–H and O–H groups in total. The van der Waals surface area contributed by atoms with Crippen molar-refractivity contribution in [1.29, 1.82) is 0 Å². The van der Waals surface area contributed by atoms with Crippen LogP contribution in [0, 0.1) is 0 Å². The van der Waals surface area contributed by atoms with Crippen molar-refractivity contribution in [1.82, 2.24) is 15.2 Å². The van der Waals surface area contributed by atoms with Gasteiger partial charge >= 0.3 is 5.97 Å². The number of carboxylic acids is 1. The molecule has 0 unspecified atom stereocenters. The van der Waals surface area contributed by atoms with Crippen LogP contribution in [-0.2, 0) is 6.54 Å². The summed E-state index contributed by atoms with van der Waals surface area (Å²) in [6.45, 7) is 6.07. The van der Waals surface area contributed by atoms with Crippen LogP contribution in [0.25, 0.3) is 0 Å². The van der Waals surface area contributed by atoms with E-state index in [1.807, 2.05) is 6.07 Å². The van der Waals surface area contributed by atoms with Gasteiger partial charge in [-0.15, -0.1) is 0 Å². The maximum absolute atomic E-state index is 11.0. The average Bonchev–Trinajstić information content (AvgIpc) is 2.48. The van der Waals surface area contributed by atoms with Crippen molar-refractivity contribution in [3.63, 3.8) is 0 Å². The summed E-state index contributed by atoms with van der Waals surface area (Å²) in [4.78, 5) is 17.7. The first kappa shape index (κ1) is 14.9. The Morgan fingerprint density at radius 2 is 2.20 bits per heavy atom. The second-order valence-corrected chi connectivity index (χ2v) is 5.27. The second-order valence-electron chi connectivity index (χ2n) is 5.27. The summed E-state index contributed by atoms with van der Waals surface area (Å²) in [6, 6.07) is 5.81. The van der Waals surface area contributed by atoms with Crippen molar-refractivity contribution in [2.24, 2.45) is 0 Å². The zero-order valence-corrected chi connectivity index (χ0v) is 12.0. The predicted molar refractivity (Wildman–Crippen MR) is 77.8 cm³/mol. The summed E-state index contributed by atoms with van der Waals surface area (Å²) < 4.78 is 0. The number of pyridine rings is 1. The molecule has 0 saturated carbocycles. The van der Waals surface area contributed by atoms with Gasteiger partial charge in [-0.2, -0.15) is 0 Å². The Bertz CT molecular complexity index is 444. The SMILES string of the molecule is CCCN(Cc1cccc(C(=O)O)n1)C1CCNCC1. The number of rotatable bonds is 6. The molecular formula is C15H23N3O2. The molecule has 0 atom stereocenters. The summed E-state index contributed by atoms with van der Waals surface area (Å²) in [5, 5.41) is 12.4. The number of hydrogen-bond acceptors (Lipinski definition) is 4. The first-order chi connectivity index (χ1) is 9.70. The molecule has 0 aromatic carbocycles. The van der Waals surface area contributed by atoms with E-state index in [1.54, 1.807) is 12.1 Å². The standard InChI is InChI=1S/C15H23N3O2/c1-2-10-18(13-6-8-16-9-7-13)11-12-4-3-5-14(17-12)15(19)20/h3-5,13,16H,2,6-11H2,1H3,(H,19,20). The van der Waals surface area contributed by atoms with Gasteiger partial charge in [0.05, 0.1) is 5.69 Å². The van der Waals surface area contributed by atoms with Gasteiger partial charge in [0, 0.05) is 12.6 Å². The van der Waals surface area contributed by atoms with E-state index in [0.717, 1.165) is 51.1 Å². The molecule has 2 rings (SSSR count). The van der Waals surface area contributed by atoms with Gasteiger partial charge in [-0.1, -0.05) is 13.0 Å². The largest absolute Gasteiger partial charge is 0.477 e. The molecule has 1 fully saturated rings. The molecular weight excluding hydrogens is 254 g/mol. The topological polar surface area (TPSA) is 65.5 Å². The molecule has 1 saturated heterocycles. The molecule has 0 amide bonds. The Hall–Kier alpha value is -1.46. The minimum Gasteiger partial charge on any atom is -0.477 e. The summed E-state index contributed by atoms with van der Waals surface area (Å²) in [5.41, 5.74) is 0.973. The van der Waals surface area contributed by atoms with Crippen LogP contribution in [-0.4, -0.2) is 46.6 Å². The molecule has 1 aromatic rings. The number of carbonyl (C=O) groups is 1. The first-order valence-electron chi connectivity index (χ1n) is 7.34. The Balaban J connectivity index is 2.06. The van der Waals surface area contributed by atoms with E-state index in [9.17, 15) is 4.79 Å². The van der Waals surface area contributed by atoms with Gasteiger partial charge in [0.1, 0.15) is 5.69 Å². The average molecular weight is 277 g/mol. The van der Waals surface area contributed by atoms with Gasteiger partial charge in [-0.05, 0) is 51.0 Å². The third kappa shape index (κ3) is 4.02. The minimum atomic E-state index is -0.962. The van der Waals surface area contributed by atoms with Crippen molar-refractivity contribution >= 4 is 5.97 Å². The number of nitrogens with one attached hydrogen (secondary N) is 1. The van der Waals surface area contributed by atoms with E-state index >= 15 is 0 Å². The van der Waals surface area contributed by atoms with Gasteiger partial charge in [0.15, 0.2) is 0 Å². The lowest BCUT2D eigenvalue weighted by atomic mass is 10.0. The molecule has 0 bridgehead atoms. The van der Waals surface area contributed by atoms with Crippen LogP contribution in [0.1, 0.15) is 42.4 Å². The van der Waals surface area contributed by atoms with Crippen LogP contribution in [0.3, 0.4) is 0 Å². The van der Waals surface area contributed by atoms with Crippen LogP contribution in [0.4, 0.5) is 0 Å². The summed E-state index contributed by atoms with van der Waals surface area (Å²) in [5.74, 6) is -0.962. The molecule has 0 aliphatic carbocycles. The molecule has 0 radical (unpaired) electrons. The molecule has 110 valence electrons. The zero-order chi connectivity index (χ0) is 14.4. The van der Waals surface area contributed by atoms with Crippen molar-refractivity contribution in [3.8, 4) is 0 Å². The highest BCUT2D eigenvalue weighted by Gasteiger charge is 2.21. The monoisotopic (exact) mass is 277 g/mol. The fraction of sp³-hybridized carbons (Fsp3) is 0.600. The van der Waals surface area contributed by atoms with Crippen LogP contribution in [0.15, 0.2) is 18.2 Å². The first-order valence-corrected chi connectivity index (χ1v) is 7.34. The maximum atomic E-state index is 11.0. The Morgan fingerprint density at radius 3 is 2.85 bits per heavy atom. The number of carboxylic acid groups (broad SMARTS) is 1. The second kappa shape index (κ2) is 7.36. The smallest absolute Gasteiger partial charge is 0.354 e. The lowest BCUT2D eigenvalue weighted by Crippen LogP contribution is -2.43. The van der Waals surface area contributed by atoms with E-state index in [1.165, 1.54) is 0 Å². The minimum absolute atomic E-state index is 0.129. The normalized spacial score (nSPS) is 16.5. The molecule has 1 aromatic heterocycles. The lowest BCUT2D eigenvalue weighted by Gasteiger charge is -2.34. The predicted octanol–water partition coefficient (Wildman–Crippen LogP) is 1.74. The molecule has 0 spiro atoms. The molecule has 1 aliphatic heterocycles. The highest BCUT2D eigenvalue weighted by atomic mass is 16.4. The fourth-order valence-electron chi connectivity index (χ4n) is 2.74. The Labute approximate surface area is 120 Å². The lowest BCUT2D eigenvalue weighted by molar-refractivity contribution is 0.0689. The van der Waals surface area contributed by atoms with Gasteiger partial charge in [0.2, 0.25) is 0 Å². The third-order valence-corrected chi connectivity index (χ3v) is 3.73. The highest BCUT2D eigenvalue weighted by molar-refractivity contribution is 5.85. The van der Waals surface area contributed by atoms with E-state index in [-0.39, 0.29) is 5.69 Å². The van der Waals surface area contributed by atoms with Gasteiger partial charge < -0.3 is 10.4 Å². The number of aromatic nitrogens is 1. The zero-order valence-electron chi connectivity index (χ0n) is 12.0. The van der Waals surface area contributed by atoms with Crippen molar-refractivity contribution < 1.29 is 9.90 Å². The highest BCUT2D eigenvalue weighted by Crippen LogP contribution is 2.15. The number of hydrogen-bond donors (Lipinski definition) is 2. The molecule has 5 nitrogen and oxygen atoms in total. The van der Waals surface area contributed by atoms with Crippen LogP contribution in [0.2, 0.25) is 0 Å². The fourth-order valence-corrected chi connectivity index (χ4v) is 2.74. The van der Waals surface area contributed by atoms with Gasteiger partial charge in [-0.25, -0.2) is 9.78 Å². The van der Waals surface area contributed by atoms with Crippen LogP contribution >= 0.6 is 0 Å². The summed E-state index contributed by atoms with van der Waals surface area (Å²) >= 11 is 0. The third-order valence-electron chi connectivity index (χ3n) is 3.73. The number of nitrogens with zero attached hydrogens (tertiary/aromatic N) is 2. The Morgan fingerprint density at radius 1 is 1.45 bits per heavy atom. The van der Waals surface area contributed by atoms with Crippen LogP contribution < -0.4 is 5.32 Å². The van der Waals surface area contributed by atoms with E-state index in [2.05, 4.69) is 22.1 Å². The van der Waals surface area contributed by atoms with Crippen molar-refractivity contribution in [3.05, 3.63) is 29.6 Å². The van der Waals surface area contributed by atoms with Gasteiger partial charge in [-0.3, -0.25) is 4.90 Å².